The highest BCUT2D eigenvalue weighted by molar-refractivity contribution is 6.36. The van der Waals surface area contributed by atoms with Gasteiger partial charge in [0.25, 0.3) is 5.91 Å². The van der Waals surface area contributed by atoms with Crippen LogP contribution in [0.2, 0.25) is 5.02 Å². The zero-order valence-electron chi connectivity index (χ0n) is 15.8. The number of rotatable bonds is 4. The zero-order valence-corrected chi connectivity index (χ0v) is 16.6. The van der Waals surface area contributed by atoms with Gasteiger partial charge in [0, 0.05) is 16.2 Å². The number of hydrogen-bond acceptors (Lipinski definition) is 2. The fourth-order valence-corrected chi connectivity index (χ4v) is 3.52. The second-order valence-electron chi connectivity index (χ2n) is 7.24. The van der Waals surface area contributed by atoms with Crippen molar-refractivity contribution in [1.82, 2.24) is 0 Å². The molecule has 2 aromatic carbocycles. The molecule has 0 saturated carbocycles. The van der Waals surface area contributed by atoms with Crippen molar-refractivity contribution in [1.29, 1.82) is 0 Å². The normalized spacial score (nSPS) is 14.9. The molecule has 3 rings (SSSR count). The van der Waals surface area contributed by atoms with E-state index in [-0.39, 0.29) is 5.91 Å². The Labute approximate surface area is 160 Å². The number of nitrogens with one attached hydrogen (secondary N) is 1. The Bertz CT molecular complexity index is 868. The monoisotopic (exact) mass is 369 g/mol. The average molecular weight is 370 g/mol. The van der Waals surface area contributed by atoms with Gasteiger partial charge in [0.15, 0.2) is 0 Å². The molecular formula is C22H24ClNO2. The molecule has 0 fully saturated rings. The standard InChI is InChI=1S/C22H24ClNO2/c1-12(2)17-8-14(9-18(13(3)4)21(17)26-5)10-19-16-7-6-15(23)11-20(16)24-22(19)25/h6-13H,1-5H3,(H,24,25)/b19-10+. The van der Waals surface area contributed by atoms with E-state index in [9.17, 15) is 4.79 Å². The van der Waals surface area contributed by atoms with Gasteiger partial charge >= 0.3 is 0 Å². The molecule has 1 aliphatic rings. The van der Waals surface area contributed by atoms with Gasteiger partial charge < -0.3 is 10.1 Å². The van der Waals surface area contributed by atoms with Crippen molar-refractivity contribution >= 4 is 34.8 Å². The fraction of sp³-hybridized carbons (Fsp3) is 0.318. The van der Waals surface area contributed by atoms with E-state index >= 15 is 0 Å². The number of fused-ring (bicyclic) bond motifs is 1. The number of hydrogen-bond donors (Lipinski definition) is 1. The Hall–Kier alpha value is -2.26. The van der Waals surface area contributed by atoms with Gasteiger partial charge in [0.1, 0.15) is 5.75 Å². The lowest BCUT2D eigenvalue weighted by molar-refractivity contribution is -0.110. The Morgan fingerprint density at radius 1 is 1.04 bits per heavy atom. The molecule has 1 amide bonds. The van der Waals surface area contributed by atoms with Crippen LogP contribution in [0.25, 0.3) is 11.6 Å². The summed E-state index contributed by atoms with van der Waals surface area (Å²) in [5.74, 6) is 1.49. The SMILES string of the molecule is COc1c(C(C)C)cc(/C=C2/C(=O)Nc3cc(Cl)ccc32)cc1C(C)C. The number of amides is 1. The molecule has 4 heteroatoms. The van der Waals surface area contributed by atoms with Gasteiger partial charge in [-0.05, 0) is 58.9 Å². The minimum absolute atomic E-state index is 0.102. The van der Waals surface area contributed by atoms with Crippen LogP contribution in [-0.2, 0) is 4.79 Å². The molecule has 0 atom stereocenters. The van der Waals surface area contributed by atoms with Gasteiger partial charge in [0.2, 0.25) is 0 Å². The summed E-state index contributed by atoms with van der Waals surface area (Å²) in [5.41, 5.74) is 5.61. The zero-order chi connectivity index (χ0) is 19.0. The third kappa shape index (κ3) is 3.36. The Balaban J connectivity index is 2.16. The van der Waals surface area contributed by atoms with Crippen molar-refractivity contribution in [3.05, 3.63) is 57.6 Å². The summed E-state index contributed by atoms with van der Waals surface area (Å²) in [7, 11) is 1.72. The summed E-state index contributed by atoms with van der Waals surface area (Å²) < 4.78 is 5.70. The summed E-state index contributed by atoms with van der Waals surface area (Å²) >= 11 is 6.04. The summed E-state index contributed by atoms with van der Waals surface area (Å²) in [5, 5.41) is 3.50. The molecule has 0 aliphatic carbocycles. The van der Waals surface area contributed by atoms with Crippen LogP contribution >= 0.6 is 11.6 Å². The van der Waals surface area contributed by atoms with Crippen LogP contribution in [0.15, 0.2) is 30.3 Å². The average Bonchev–Trinajstić information content (AvgIpc) is 2.88. The molecule has 0 aromatic heterocycles. The van der Waals surface area contributed by atoms with Crippen LogP contribution in [0.1, 0.15) is 61.8 Å². The molecule has 3 nitrogen and oxygen atoms in total. The van der Waals surface area contributed by atoms with Crippen molar-refractivity contribution in [2.75, 3.05) is 12.4 Å². The van der Waals surface area contributed by atoms with Crippen molar-refractivity contribution < 1.29 is 9.53 Å². The molecule has 136 valence electrons. The Kier molecular flexibility index (Phi) is 5.10. The van der Waals surface area contributed by atoms with E-state index in [1.54, 1.807) is 13.2 Å². The summed E-state index contributed by atoms with van der Waals surface area (Å²) in [6.45, 7) is 8.60. The van der Waals surface area contributed by atoms with E-state index in [0.29, 0.717) is 22.4 Å². The number of anilines is 1. The van der Waals surface area contributed by atoms with E-state index in [0.717, 1.165) is 33.7 Å². The summed E-state index contributed by atoms with van der Waals surface area (Å²) in [6.07, 6.45) is 1.95. The quantitative estimate of drug-likeness (QED) is 0.662. The molecule has 0 unspecified atom stereocenters. The number of carbonyl (C=O) groups is 1. The van der Waals surface area contributed by atoms with Gasteiger partial charge in [-0.3, -0.25) is 4.79 Å². The summed E-state index contributed by atoms with van der Waals surface area (Å²) in [6, 6.07) is 9.70. The molecule has 0 radical (unpaired) electrons. The second kappa shape index (κ2) is 7.16. The fourth-order valence-electron chi connectivity index (χ4n) is 3.35. The number of methoxy groups -OCH3 is 1. The van der Waals surface area contributed by atoms with Gasteiger partial charge in [-0.25, -0.2) is 0 Å². The number of ether oxygens (including phenoxy) is 1. The Morgan fingerprint density at radius 2 is 1.65 bits per heavy atom. The minimum Gasteiger partial charge on any atom is -0.496 e. The first kappa shape index (κ1) is 18.5. The third-order valence-corrected chi connectivity index (χ3v) is 4.93. The number of carbonyl (C=O) groups excluding carboxylic acids is 1. The molecule has 1 N–H and O–H groups in total. The van der Waals surface area contributed by atoms with Crippen LogP contribution in [-0.4, -0.2) is 13.0 Å². The minimum atomic E-state index is -0.102. The van der Waals surface area contributed by atoms with Crippen LogP contribution in [0.5, 0.6) is 5.75 Å². The maximum absolute atomic E-state index is 12.5. The van der Waals surface area contributed by atoms with Crippen LogP contribution < -0.4 is 10.1 Å². The second-order valence-corrected chi connectivity index (χ2v) is 7.68. The highest BCUT2D eigenvalue weighted by Gasteiger charge is 2.25. The number of halogens is 1. The first-order valence-corrected chi connectivity index (χ1v) is 9.24. The number of benzene rings is 2. The van der Waals surface area contributed by atoms with E-state index in [4.69, 9.17) is 16.3 Å². The van der Waals surface area contributed by atoms with Gasteiger partial charge in [-0.2, -0.15) is 0 Å². The highest BCUT2D eigenvalue weighted by Crippen LogP contribution is 2.39. The predicted molar refractivity (Wildman–Crippen MR) is 109 cm³/mol. The molecule has 0 spiro atoms. The van der Waals surface area contributed by atoms with Crippen LogP contribution in [0, 0.1) is 0 Å². The molecule has 0 bridgehead atoms. The smallest absolute Gasteiger partial charge is 0.256 e. The van der Waals surface area contributed by atoms with Gasteiger partial charge in [0.05, 0.1) is 12.8 Å². The third-order valence-electron chi connectivity index (χ3n) is 4.69. The van der Waals surface area contributed by atoms with E-state index in [2.05, 4.69) is 45.1 Å². The molecule has 1 aliphatic heterocycles. The molecule has 1 heterocycles. The summed E-state index contributed by atoms with van der Waals surface area (Å²) in [4.78, 5) is 12.5. The van der Waals surface area contributed by atoms with Crippen molar-refractivity contribution in [3.8, 4) is 5.75 Å². The van der Waals surface area contributed by atoms with E-state index < -0.39 is 0 Å². The van der Waals surface area contributed by atoms with Crippen LogP contribution in [0.3, 0.4) is 0 Å². The van der Waals surface area contributed by atoms with Crippen molar-refractivity contribution in [2.24, 2.45) is 0 Å². The molecule has 0 saturated heterocycles. The van der Waals surface area contributed by atoms with E-state index in [1.807, 2.05) is 18.2 Å². The lowest BCUT2D eigenvalue weighted by atomic mass is 9.90. The first-order chi connectivity index (χ1) is 12.3. The largest absolute Gasteiger partial charge is 0.496 e. The van der Waals surface area contributed by atoms with Crippen molar-refractivity contribution in [2.45, 2.75) is 39.5 Å². The predicted octanol–water partition coefficient (Wildman–Crippen LogP) is 6.09. The van der Waals surface area contributed by atoms with Crippen molar-refractivity contribution in [3.63, 3.8) is 0 Å². The maximum atomic E-state index is 12.5. The molecular weight excluding hydrogens is 346 g/mol. The van der Waals surface area contributed by atoms with Gasteiger partial charge in [-0.1, -0.05) is 45.4 Å². The Morgan fingerprint density at radius 3 is 2.19 bits per heavy atom. The lowest BCUT2D eigenvalue weighted by Crippen LogP contribution is -2.04. The molecule has 2 aromatic rings. The maximum Gasteiger partial charge on any atom is 0.256 e. The lowest BCUT2D eigenvalue weighted by Gasteiger charge is -2.19. The van der Waals surface area contributed by atoms with E-state index in [1.165, 1.54) is 0 Å². The topological polar surface area (TPSA) is 38.3 Å². The first-order valence-electron chi connectivity index (χ1n) is 8.86. The van der Waals surface area contributed by atoms with Crippen LogP contribution in [0.4, 0.5) is 5.69 Å². The highest BCUT2D eigenvalue weighted by atomic mass is 35.5. The molecule has 26 heavy (non-hydrogen) atoms. The van der Waals surface area contributed by atoms with Gasteiger partial charge in [-0.15, -0.1) is 0 Å².